The van der Waals surface area contributed by atoms with E-state index in [1.54, 1.807) is 13.0 Å². The van der Waals surface area contributed by atoms with Gasteiger partial charge in [-0.15, -0.1) is 0 Å². The zero-order valence-corrected chi connectivity index (χ0v) is 10.1. The van der Waals surface area contributed by atoms with Crippen molar-refractivity contribution in [2.24, 2.45) is 0 Å². The number of ether oxygens (including phenoxy) is 2. The third-order valence-corrected chi connectivity index (χ3v) is 1.69. The maximum absolute atomic E-state index is 10.9. The van der Waals surface area contributed by atoms with Crippen LogP contribution >= 0.6 is 0 Å². The molecule has 0 radical (unpaired) electrons. The number of hydrogen-bond acceptors (Lipinski definition) is 5. The lowest BCUT2D eigenvalue weighted by Gasteiger charge is -2.02. The monoisotopic (exact) mass is 256 g/mol. The average Bonchev–Trinajstić information content (AvgIpc) is 2.31. The van der Waals surface area contributed by atoms with Crippen LogP contribution in [0.3, 0.4) is 0 Å². The van der Waals surface area contributed by atoms with E-state index in [1.165, 1.54) is 6.08 Å². The Kier molecular flexibility index (Phi) is 8.89. The molecule has 0 aliphatic carbocycles. The molecule has 0 aliphatic rings. The summed E-state index contributed by atoms with van der Waals surface area (Å²) in [6, 6.07) is 0. The maximum atomic E-state index is 10.9. The summed E-state index contributed by atoms with van der Waals surface area (Å²) >= 11 is 0. The number of allylic oxidation sites excluding steroid dienone is 1. The van der Waals surface area contributed by atoms with Gasteiger partial charge in [0.15, 0.2) is 0 Å². The van der Waals surface area contributed by atoms with Crippen LogP contribution in [0.1, 0.15) is 19.8 Å². The summed E-state index contributed by atoms with van der Waals surface area (Å²) in [7, 11) is 0. The molecule has 0 aromatic rings. The quantitative estimate of drug-likeness (QED) is 0.397. The Labute approximate surface area is 105 Å². The molecular weight excluding hydrogens is 240 g/mol. The molecule has 0 saturated carbocycles. The molecule has 100 valence electrons. The number of carboxylic acid groups (broad SMARTS) is 1. The number of carbonyl (C=O) groups excluding carboxylic acids is 2. The van der Waals surface area contributed by atoms with E-state index in [0.29, 0.717) is 18.9 Å². The van der Waals surface area contributed by atoms with E-state index in [1.807, 2.05) is 0 Å². The van der Waals surface area contributed by atoms with Gasteiger partial charge in [0, 0.05) is 18.2 Å². The fourth-order valence-corrected chi connectivity index (χ4v) is 0.921. The van der Waals surface area contributed by atoms with E-state index in [4.69, 9.17) is 14.6 Å². The highest BCUT2D eigenvalue weighted by atomic mass is 16.5. The number of rotatable bonds is 8. The van der Waals surface area contributed by atoms with Gasteiger partial charge in [-0.05, 0) is 19.8 Å². The van der Waals surface area contributed by atoms with Crippen molar-refractivity contribution in [2.75, 3.05) is 13.2 Å². The lowest BCUT2D eigenvalue weighted by Crippen LogP contribution is -2.06. The summed E-state index contributed by atoms with van der Waals surface area (Å²) in [5.41, 5.74) is 0. The third kappa shape index (κ3) is 10.4. The van der Waals surface area contributed by atoms with Crippen LogP contribution in [0.15, 0.2) is 24.3 Å². The first-order chi connectivity index (χ1) is 8.56. The lowest BCUT2D eigenvalue weighted by molar-refractivity contribution is -0.140. The van der Waals surface area contributed by atoms with E-state index in [-0.39, 0.29) is 13.2 Å². The van der Waals surface area contributed by atoms with Gasteiger partial charge in [-0.25, -0.2) is 14.4 Å². The first-order valence-corrected chi connectivity index (χ1v) is 5.43. The summed E-state index contributed by atoms with van der Waals surface area (Å²) in [6.07, 6.45) is 5.56. The normalized spacial score (nSPS) is 10.7. The number of esters is 2. The molecule has 1 N–H and O–H groups in total. The molecule has 0 aliphatic heterocycles. The first kappa shape index (κ1) is 15.9. The number of hydrogen-bond donors (Lipinski definition) is 1. The molecule has 0 unspecified atom stereocenters. The molecular formula is C12H16O6. The fraction of sp³-hybridized carbons (Fsp3) is 0.417. The van der Waals surface area contributed by atoms with Gasteiger partial charge in [0.05, 0.1) is 13.2 Å². The van der Waals surface area contributed by atoms with Gasteiger partial charge in [-0.2, -0.15) is 0 Å². The van der Waals surface area contributed by atoms with E-state index in [2.05, 4.69) is 0 Å². The maximum Gasteiger partial charge on any atom is 0.331 e. The lowest BCUT2D eigenvalue weighted by atomic mass is 10.3. The Hall–Kier alpha value is -2.11. The summed E-state index contributed by atoms with van der Waals surface area (Å²) in [6.45, 7) is 2.13. The predicted molar refractivity (Wildman–Crippen MR) is 62.7 cm³/mol. The van der Waals surface area contributed by atoms with Crippen LogP contribution < -0.4 is 0 Å². The summed E-state index contributed by atoms with van der Waals surface area (Å²) in [5, 5.41) is 8.25. The molecule has 6 nitrogen and oxygen atoms in total. The van der Waals surface area contributed by atoms with Gasteiger partial charge in [0.1, 0.15) is 0 Å². The summed E-state index contributed by atoms with van der Waals surface area (Å²) < 4.78 is 9.51. The Bertz CT molecular complexity index is 342. The minimum atomic E-state index is -1.21. The van der Waals surface area contributed by atoms with Gasteiger partial charge < -0.3 is 14.6 Å². The molecule has 0 fully saturated rings. The number of aliphatic carboxylic acids is 1. The van der Waals surface area contributed by atoms with Gasteiger partial charge in [0.25, 0.3) is 0 Å². The van der Waals surface area contributed by atoms with Crippen molar-refractivity contribution >= 4 is 17.9 Å². The van der Waals surface area contributed by atoms with Crippen molar-refractivity contribution in [1.29, 1.82) is 0 Å². The minimum Gasteiger partial charge on any atom is -0.478 e. The van der Waals surface area contributed by atoms with Crippen LogP contribution in [-0.4, -0.2) is 36.2 Å². The molecule has 0 bridgehead atoms. The minimum absolute atomic E-state index is 0.157. The largest absolute Gasteiger partial charge is 0.478 e. The Balaban J connectivity index is 3.48. The topological polar surface area (TPSA) is 89.9 Å². The van der Waals surface area contributed by atoms with Crippen LogP contribution in [0.25, 0.3) is 0 Å². The molecule has 0 saturated heterocycles. The predicted octanol–water partition coefficient (Wildman–Crippen LogP) is 1.07. The van der Waals surface area contributed by atoms with Gasteiger partial charge >= 0.3 is 17.9 Å². The van der Waals surface area contributed by atoms with Crippen LogP contribution in [0.4, 0.5) is 0 Å². The molecule has 0 spiro atoms. The van der Waals surface area contributed by atoms with Crippen LogP contribution in [0.5, 0.6) is 0 Å². The molecule has 6 heteroatoms. The van der Waals surface area contributed by atoms with E-state index < -0.39 is 17.9 Å². The SMILES string of the molecule is CC=CC(=O)OCCCCOC(=O)/C=C\C(=O)O. The standard InChI is InChI=1S/C12H16O6/c1-2-5-11(15)17-8-3-4-9-18-12(16)7-6-10(13)14/h2,5-7H,3-4,8-9H2,1H3,(H,13,14)/b5-2?,7-6-. The second-order valence-electron chi connectivity index (χ2n) is 3.21. The first-order valence-electron chi connectivity index (χ1n) is 5.43. The Morgan fingerprint density at radius 2 is 1.44 bits per heavy atom. The van der Waals surface area contributed by atoms with Crippen LogP contribution in [0, 0.1) is 0 Å². The van der Waals surface area contributed by atoms with Crippen molar-refractivity contribution in [3.8, 4) is 0 Å². The van der Waals surface area contributed by atoms with Crippen molar-refractivity contribution in [3.05, 3.63) is 24.3 Å². The molecule has 0 heterocycles. The van der Waals surface area contributed by atoms with Gasteiger partial charge in [0.2, 0.25) is 0 Å². The second-order valence-corrected chi connectivity index (χ2v) is 3.21. The van der Waals surface area contributed by atoms with Gasteiger partial charge in [-0.3, -0.25) is 0 Å². The van der Waals surface area contributed by atoms with E-state index >= 15 is 0 Å². The van der Waals surface area contributed by atoms with Crippen molar-refractivity contribution in [3.63, 3.8) is 0 Å². The van der Waals surface area contributed by atoms with E-state index in [9.17, 15) is 14.4 Å². The van der Waals surface area contributed by atoms with Crippen molar-refractivity contribution in [1.82, 2.24) is 0 Å². The highest BCUT2D eigenvalue weighted by Crippen LogP contribution is 1.94. The number of carbonyl (C=O) groups is 3. The van der Waals surface area contributed by atoms with Crippen LogP contribution in [0.2, 0.25) is 0 Å². The summed E-state index contributed by atoms with van der Waals surface area (Å²) in [4.78, 5) is 31.9. The van der Waals surface area contributed by atoms with Gasteiger partial charge in [-0.1, -0.05) is 6.08 Å². The number of carboxylic acids is 1. The van der Waals surface area contributed by atoms with E-state index in [0.717, 1.165) is 6.08 Å². The third-order valence-electron chi connectivity index (χ3n) is 1.69. The molecule has 0 atom stereocenters. The highest BCUT2D eigenvalue weighted by Gasteiger charge is 1.99. The Morgan fingerprint density at radius 1 is 0.944 bits per heavy atom. The molecule has 0 aromatic carbocycles. The highest BCUT2D eigenvalue weighted by molar-refractivity contribution is 5.90. The Morgan fingerprint density at radius 3 is 1.89 bits per heavy atom. The van der Waals surface area contributed by atoms with Crippen molar-refractivity contribution in [2.45, 2.75) is 19.8 Å². The summed E-state index contributed by atoms with van der Waals surface area (Å²) in [5.74, 6) is -2.31. The smallest absolute Gasteiger partial charge is 0.331 e. The fourth-order valence-electron chi connectivity index (χ4n) is 0.921. The number of unbranched alkanes of at least 4 members (excludes halogenated alkanes) is 1. The second kappa shape index (κ2) is 10.1. The zero-order chi connectivity index (χ0) is 13.8. The van der Waals surface area contributed by atoms with Crippen LogP contribution in [-0.2, 0) is 23.9 Å². The zero-order valence-electron chi connectivity index (χ0n) is 10.1. The molecule has 18 heavy (non-hydrogen) atoms. The van der Waals surface area contributed by atoms with Crippen molar-refractivity contribution < 1.29 is 29.0 Å². The molecule has 0 rings (SSSR count). The molecule has 0 amide bonds. The molecule has 0 aromatic heterocycles. The average molecular weight is 256 g/mol.